The average Bonchev–Trinajstić information content (AvgIpc) is 2.70. The number of aryl methyl sites for hydroxylation is 1. The molecule has 0 saturated carbocycles. The molecule has 1 nitrogen and oxygen atoms in total. The predicted octanol–water partition coefficient (Wildman–Crippen LogP) is 4.41. The Morgan fingerprint density at radius 3 is 2.61 bits per heavy atom. The van der Waals surface area contributed by atoms with Crippen molar-refractivity contribution in [3.8, 4) is 0 Å². The van der Waals surface area contributed by atoms with E-state index in [2.05, 4.69) is 0 Å². The number of hydrogen-bond donors (Lipinski definition) is 0. The first-order chi connectivity index (χ1) is 8.49. The molecule has 0 aliphatic carbocycles. The second kappa shape index (κ2) is 5.16. The topological polar surface area (TPSA) is 17.1 Å². The molecule has 2 aromatic rings. The molecule has 0 bridgehead atoms. The summed E-state index contributed by atoms with van der Waals surface area (Å²) in [5.41, 5.74) is -0.219. The number of halogens is 3. The fourth-order valence-electron chi connectivity index (χ4n) is 1.61. The van der Waals surface area contributed by atoms with Crippen molar-refractivity contribution in [2.24, 2.45) is 0 Å². The van der Waals surface area contributed by atoms with Gasteiger partial charge in [-0.2, -0.15) is 0 Å². The molecule has 5 heteroatoms. The fourth-order valence-corrected chi connectivity index (χ4v) is 2.69. The van der Waals surface area contributed by atoms with E-state index in [0.717, 1.165) is 6.07 Å². The van der Waals surface area contributed by atoms with E-state index in [9.17, 15) is 13.6 Å². The smallest absolute Gasteiger partial charge is 0.173 e. The molecule has 1 aromatic carbocycles. The Morgan fingerprint density at radius 2 is 2.00 bits per heavy atom. The summed E-state index contributed by atoms with van der Waals surface area (Å²) < 4.78 is 27.8. The van der Waals surface area contributed by atoms with Crippen molar-refractivity contribution in [3.63, 3.8) is 0 Å². The molecule has 0 spiro atoms. The van der Waals surface area contributed by atoms with Crippen LogP contribution in [-0.2, 0) is 6.42 Å². The van der Waals surface area contributed by atoms with Crippen LogP contribution in [0, 0.1) is 18.6 Å². The van der Waals surface area contributed by atoms with Gasteiger partial charge in [0.2, 0.25) is 0 Å². The van der Waals surface area contributed by atoms with Crippen molar-refractivity contribution in [2.75, 3.05) is 0 Å². The van der Waals surface area contributed by atoms with Gasteiger partial charge in [0.05, 0.1) is 9.90 Å². The third-order valence-electron chi connectivity index (χ3n) is 2.53. The summed E-state index contributed by atoms with van der Waals surface area (Å²) >= 11 is 6.96. The van der Waals surface area contributed by atoms with Gasteiger partial charge in [-0.25, -0.2) is 8.78 Å². The highest BCUT2D eigenvalue weighted by atomic mass is 35.5. The third-order valence-corrected chi connectivity index (χ3v) is 3.76. The minimum absolute atomic E-state index is 0.0469. The molecule has 0 atom stereocenters. The maximum atomic E-state index is 13.7. The molecule has 0 N–H and O–H groups in total. The van der Waals surface area contributed by atoms with Gasteiger partial charge in [-0.15, -0.1) is 11.3 Å². The maximum Gasteiger partial charge on any atom is 0.173 e. The lowest BCUT2D eigenvalue weighted by molar-refractivity contribution is 0.0985. The summed E-state index contributed by atoms with van der Waals surface area (Å²) in [6.07, 6.45) is -0.0469. The minimum atomic E-state index is -0.828. The van der Waals surface area contributed by atoms with Crippen LogP contribution in [0.1, 0.15) is 20.8 Å². The van der Waals surface area contributed by atoms with Gasteiger partial charge in [-0.3, -0.25) is 4.79 Å². The van der Waals surface area contributed by atoms with Crippen LogP contribution in [0.15, 0.2) is 24.3 Å². The molecule has 0 unspecified atom stereocenters. The number of carbonyl (C=O) groups is 1. The molecule has 0 aliphatic rings. The van der Waals surface area contributed by atoms with Gasteiger partial charge in [0, 0.05) is 11.3 Å². The Hall–Kier alpha value is -1.26. The van der Waals surface area contributed by atoms with E-state index in [1.807, 2.05) is 0 Å². The van der Waals surface area contributed by atoms with Gasteiger partial charge in [-0.1, -0.05) is 17.7 Å². The first-order valence-corrected chi connectivity index (χ1v) is 6.40. The molecule has 1 aromatic heterocycles. The number of benzene rings is 1. The highest BCUT2D eigenvalue weighted by Crippen LogP contribution is 2.24. The van der Waals surface area contributed by atoms with Crippen LogP contribution >= 0.6 is 22.9 Å². The molecule has 0 amide bonds. The number of carbonyl (C=O) groups excluding carboxylic acids is 1. The lowest BCUT2D eigenvalue weighted by Gasteiger charge is -2.05. The molecule has 2 rings (SSSR count). The average molecular weight is 287 g/mol. The van der Waals surface area contributed by atoms with Crippen LogP contribution in [0.3, 0.4) is 0 Å². The Kier molecular flexibility index (Phi) is 3.78. The summed E-state index contributed by atoms with van der Waals surface area (Å²) in [6, 6.07) is 5.74. The van der Waals surface area contributed by atoms with Gasteiger partial charge < -0.3 is 0 Å². The second-order valence-electron chi connectivity index (χ2n) is 3.86. The summed E-state index contributed by atoms with van der Waals surface area (Å²) in [5, 5.41) is 0. The van der Waals surface area contributed by atoms with E-state index in [1.165, 1.54) is 24.3 Å². The van der Waals surface area contributed by atoms with Crippen molar-refractivity contribution in [1.82, 2.24) is 0 Å². The molecular formula is C13H9ClF2OS. The Bertz CT molecular complexity index is 607. The summed E-state index contributed by atoms with van der Waals surface area (Å²) in [7, 11) is 0. The van der Waals surface area contributed by atoms with Crippen LogP contribution in [0.25, 0.3) is 0 Å². The minimum Gasteiger partial charge on any atom is -0.294 e. The van der Waals surface area contributed by atoms with Crippen LogP contribution in [0.2, 0.25) is 4.34 Å². The SMILES string of the molecule is Cc1ccc(F)c(C(=O)Cc2ccc(Cl)s2)c1F. The van der Waals surface area contributed by atoms with E-state index in [-0.39, 0.29) is 12.0 Å². The molecule has 18 heavy (non-hydrogen) atoms. The summed E-state index contributed by atoms with van der Waals surface area (Å²) in [5.74, 6) is -2.19. The van der Waals surface area contributed by atoms with Crippen LogP contribution in [0.5, 0.6) is 0 Å². The summed E-state index contributed by atoms with van der Waals surface area (Å²) in [6.45, 7) is 1.49. The van der Waals surface area contributed by atoms with Gasteiger partial charge in [0.25, 0.3) is 0 Å². The lowest BCUT2D eigenvalue weighted by Crippen LogP contribution is -2.09. The number of thiophene rings is 1. The number of hydrogen-bond acceptors (Lipinski definition) is 2. The van der Waals surface area contributed by atoms with E-state index in [4.69, 9.17) is 11.6 Å². The quantitative estimate of drug-likeness (QED) is 0.764. The molecule has 0 radical (unpaired) electrons. The largest absolute Gasteiger partial charge is 0.294 e. The number of ketones is 1. The van der Waals surface area contributed by atoms with E-state index in [1.54, 1.807) is 12.1 Å². The van der Waals surface area contributed by atoms with Crippen LogP contribution in [0.4, 0.5) is 8.78 Å². The first-order valence-electron chi connectivity index (χ1n) is 5.21. The highest BCUT2D eigenvalue weighted by molar-refractivity contribution is 7.16. The standard InChI is InChI=1S/C13H9ClF2OS/c1-7-2-4-9(15)12(13(7)16)10(17)6-8-3-5-11(14)18-8/h2-5H,6H2,1H3. The summed E-state index contributed by atoms with van der Waals surface area (Å²) in [4.78, 5) is 12.6. The Morgan fingerprint density at radius 1 is 1.28 bits per heavy atom. The fraction of sp³-hybridized carbons (Fsp3) is 0.154. The van der Waals surface area contributed by atoms with E-state index >= 15 is 0 Å². The zero-order valence-electron chi connectivity index (χ0n) is 9.47. The molecule has 0 saturated heterocycles. The molecule has 0 aliphatic heterocycles. The van der Waals surface area contributed by atoms with Crippen LogP contribution in [-0.4, -0.2) is 5.78 Å². The Labute approximate surface area is 112 Å². The zero-order valence-corrected chi connectivity index (χ0v) is 11.0. The monoisotopic (exact) mass is 286 g/mol. The van der Waals surface area contributed by atoms with Gasteiger partial charge >= 0.3 is 0 Å². The molecule has 0 fully saturated rings. The van der Waals surface area contributed by atoms with Gasteiger partial charge in [0.1, 0.15) is 11.6 Å². The zero-order chi connectivity index (χ0) is 13.3. The van der Waals surface area contributed by atoms with Gasteiger partial charge in [0.15, 0.2) is 5.78 Å². The van der Waals surface area contributed by atoms with Crippen molar-refractivity contribution >= 4 is 28.7 Å². The van der Waals surface area contributed by atoms with E-state index < -0.39 is 23.0 Å². The second-order valence-corrected chi connectivity index (χ2v) is 5.66. The van der Waals surface area contributed by atoms with E-state index in [0.29, 0.717) is 9.21 Å². The lowest BCUT2D eigenvalue weighted by atomic mass is 10.0. The normalized spacial score (nSPS) is 10.7. The number of Topliss-reactive ketones (excluding diaryl/α,β-unsaturated/α-hetero) is 1. The molecular weight excluding hydrogens is 278 g/mol. The van der Waals surface area contributed by atoms with Crippen molar-refractivity contribution < 1.29 is 13.6 Å². The molecule has 1 heterocycles. The van der Waals surface area contributed by atoms with Gasteiger partial charge in [-0.05, 0) is 30.7 Å². The van der Waals surface area contributed by atoms with Crippen molar-refractivity contribution in [3.05, 3.63) is 56.2 Å². The Balaban J connectivity index is 2.32. The third kappa shape index (κ3) is 2.60. The van der Waals surface area contributed by atoms with Crippen molar-refractivity contribution in [1.29, 1.82) is 0 Å². The predicted molar refractivity (Wildman–Crippen MR) is 68.5 cm³/mol. The first kappa shape index (κ1) is 13.2. The highest BCUT2D eigenvalue weighted by Gasteiger charge is 2.19. The van der Waals surface area contributed by atoms with Crippen LogP contribution < -0.4 is 0 Å². The molecule has 94 valence electrons. The maximum absolute atomic E-state index is 13.7. The van der Waals surface area contributed by atoms with Crippen molar-refractivity contribution in [2.45, 2.75) is 13.3 Å². The number of rotatable bonds is 3.